The third-order valence-electron chi connectivity index (χ3n) is 8.87. The molecule has 228 valence electrons. The van der Waals surface area contributed by atoms with Crippen LogP contribution in [0.3, 0.4) is 0 Å². The lowest BCUT2D eigenvalue weighted by atomic mass is 9.89. The quantitative estimate of drug-likeness (QED) is 0.176. The maximum atomic E-state index is 4.90. The first-order valence-electron chi connectivity index (χ1n) is 16.0. The first kappa shape index (κ1) is 29.9. The summed E-state index contributed by atoms with van der Waals surface area (Å²) < 4.78 is 2.24. The molecule has 0 aliphatic carbocycles. The lowest BCUT2D eigenvalue weighted by molar-refractivity contribution is -0.660. The summed E-state index contributed by atoms with van der Waals surface area (Å²) in [7, 11) is 2.13. The van der Waals surface area contributed by atoms with Gasteiger partial charge in [-0.2, -0.15) is 0 Å². The highest BCUT2D eigenvalue weighted by atomic mass is 15.0. The van der Waals surface area contributed by atoms with Crippen LogP contribution in [0.2, 0.25) is 0 Å². The van der Waals surface area contributed by atoms with Crippen LogP contribution in [-0.2, 0) is 7.05 Å². The Balaban J connectivity index is 1.25. The molecule has 2 heterocycles. The first-order chi connectivity index (χ1) is 22.9. The van der Waals surface area contributed by atoms with Gasteiger partial charge in [0.1, 0.15) is 7.05 Å². The van der Waals surface area contributed by atoms with Gasteiger partial charge in [0.05, 0.1) is 0 Å². The third-order valence-corrected chi connectivity index (χ3v) is 8.87. The Hall–Kier alpha value is -5.74. The molecule has 47 heavy (non-hydrogen) atoms. The second-order valence-corrected chi connectivity index (χ2v) is 12.3. The van der Waals surface area contributed by atoms with Crippen molar-refractivity contribution in [2.75, 3.05) is 0 Å². The Bertz CT molecular complexity index is 2140. The van der Waals surface area contributed by atoms with E-state index in [1.165, 1.54) is 50.2 Å². The minimum absolute atomic E-state index is 0.657. The summed E-state index contributed by atoms with van der Waals surface area (Å²) in [4.78, 5) is 14.6. The van der Waals surface area contributed by atoms with Crippen molar-refractivity contribution in [3.05, 3.63) is 156 Å². The second-order valence-electron chi connectivity index (χ2n) is 12.3. The number of rotatable bonds is 6. The third kappa shape index (κ3) is 5.98. The number of nitrogens with zero attached hydrogens (tertiary/aromatic N) is 4. The van der Waals surface area contributed by atoms with Crippen LogP contribution < -0.4 is 4.57 Å². The molecule has 2 aromatic heterocycles. The van der Waals surface area contributed by atoms with Crippen LogP contribution in [0.25, 0.3) is 67.7 Å². The molecule has 0 aliphatic heterocycles. The molecule has 7 rings (SSSR count). The van der Waals surface area contributed by atoms with Gasteiger partial charge in [-0.1, -0.05) is 115 Å². The number of hydrogen-bond donors (Lipinski definition) is 0. The van der Waals surface area contributed by atoms with Crippen molar-refractivity contribution in [2.24, 2.45) is 7.05 Å². The van der Waals surface area contributed by atoms with Gasteiger partial charge in [0.15, 0.2) is 23.7 Å². The van der Waals surface area contributed by atoms with Crippen LogP contribution in [-0.4, -0.2) is 15.0 Å². The molecule has 0 saturated carbocycles. The zero-order chi connectivity index (χ0) is 32.5. The summed E-state index contributed by atoms with van der Waals surface area (Å²) in [5, 5.41) is 0. The van der Waals surface area contributed by atoms with Crippen LogP contribution in [0, 0.1) is 27.7 Å². The van der Waals surface area contributed by atoms with E-state index < -0.39 is 0 Å². The van der Waals surface area contributed by atoms with Crippen LogP contribution in [0.1, 0.15) is 22.3 Å². The zero-order valence-electron chi connectivity index (χ0n) is 27.5. The lowest BCUT2D eigenvalue weighted by Crippen LogP contribution is -2.31. The highest BCUT2D eigenvalue weighted by Gasteiger charge is 2.19. The van der Waals surface area contributed by atoms with Gasteiger partial charge in [-0.15, -0.1) is 0 Å². The fourth-order valence-corrected chi connectivity index (χ4v) is 6.48. The first-order valence-corrected chi connectivity index (χ1v) is 16.0. The largest absolute Gasteiger partial charge is 0.213 e. The van der Waals surface area contributed by atoms with E-state index in [1.807, 2.05) is 60.7 Å². The van der Waals surface area contributed by atoms with Crippen LogP contribution in [0.15, 0.2) is 134 Å². The monoisotopic (exact) mass is 609 g/mol. The lowest BCUT2D eigenvalue weighted by Gasteiger charge is -2.16. The Morgan fingerprint density at radius 1 is 0.404 bits per heavy atom. The van der Waals surface area contributed by atoms with E-state index in [2.05, 4.69) is 112 Å². The summed E-state index contributed by atoms with van der Waals surface area (Å²) in [5.74, 6) is 1.98. The zero-order valence-corrected chi connectivity index (χ0v) is 27.5. The number of aryl methyl sites for hydroxylation is 5. The standard InChI is InChI=1S/C43H37N4/c1-28-14-12-13-19-37(28)39-26-38(31(4)27-47(39)5)40-29(2)24-36(25-30(40)3)32-20-22-35(23-21-32)43-45-41(33-15-8-6-9-16-33)44-42(46-43)34-17-10-7-11-18-34/h6-27H,1-5H3/q+1. The van der Waals surface area contributed by atoms with Crippen LogP contribution in [0.5, 0.6) is 0 Å². The highest BCUT2D eigenvalue weighted by Crippen LogP contribution is 2.36. The summed E-state index contributed by atoms with van der Waals surface area (Å²) in [6.45, 7) is 8.83. The molecule has 0 N–H and O–H groups in total. The minimum Gasteiger partial charge on any atom is -0.208 e. The fraction of sp³-hybridized carbons (Fsp3) is 0.116. The van der Waals surface area contributed by atoms with E-state index in [-0.39, 0.29) is 0 Å². The van der Waals surface area contributed by atoms with Gasteiger partial charge in [0, 0.05) is 33.9 Å². The normalized spacial score (nSPS) is 11.1. The van der Waals surface area contributed by atoms with Crippen molar-refractivity contribution in [3.8, 4) is 67.7 Å². The molecule has 0 unspecified atom stereocenters. The Morgan fingerprint density at radius 2 is 0.872 bits per heavy atom. The number of pyridine rings is 1. The fourth-order valence-electron chi connectivity index (χ4n) is 6.48. The highest BCUT2D eigenvalue weighted by molar-refractivity contribution is 5.81. The molecular formula is C43H37N4+. The predicted octanol–water partition coefficient (Wildman–Crippen LogP) is 9.93. The molecule has 0 fully saturated rings. The molecule has 0 aliphatic rings. The average Bonchev–Trinajstić information content (AvgIpc) is 3.10. The molecule has 0 amide bonds. The van der Waals surface area contributed by atoms with Crippen molar-refractivity contribution in [1.82, 2.24) is 15.0 Å². The van der Waals surface area contributed by atoms with Crippen molar-refractivity contribution >= 4 is 0 Å². The van der Waals surface area contributed by atoms with E-state index >= 15 is 0 Å². The van der Waals surface area contributed by atoms with Gasteiger partial charge in [0.2, 0.25) is 5.69 Å². The topological polar surface area (TPSA) is 42.5 Å². The van der Waals surface area contributed by atoms with E-state index in [0.29, 0.717) is 17.5 Å². The number of hydrogen-bond acceptors (Lipinski definition) is 3. The maximum absolute atomic E-state index is 4.90. The van der Waals surface area contributed by atoms with Crippen LogP contribution >= 0.6 is 0 Å². The van der Waals surface area contributed by atoms with Gasteiger partial charge in [-0.05, 0) is 72.7 Å². The summed E-state index contributed by atoms with van der Waals surface area (Å²) >= 11 is 0. The second kappa shape index (κ2) is 12.6. The van der Waals surface area contributed by atoms with E-state index in [1.54, 1.807) is 0 Å². The molecule has 0 saturated heterocycles. The van der Waals surface area contributed by atoms with Crippen molar-refractivity contribution in [2.45, 2.75) is 27.7 Å². The van der Waals surface area contributed by atoms with E-state index in [4.69, 9.17) is 15.0 Å². The Morgan fingerprint density at radius 3 is 1.40 bits per heavy atom. The maximum Gasteiger partial charge on any atom is 0.213 e. The number of benzene rings is 5. The molecule has 0 spiro atoms. The van der Waals surface area contributed by atoms with Crippen molar-refractivity contribution < 1.29 is 4.57 Å². The molecule has 4 heteroatoms. The molecule has 0 radical (unpaired) electrons. The Kier molecular flexibility index (Phi) is 8.01. The smallest absolute Gasteiger partial charge is 0.208 e. The summed E-state index contributed by atoms with van der Waals surface area (Å²) in [6.07, 6.45) is 2.25. The van der Waals surface area contributed by atoms with Gasteiger partial charge < -0.3 is 0 Å². The van der Waals surface area contributed by atoms with Gasteiger partial charge in [-0.3, -0.25) is 0 Å². The summed E-state index contributed by atoms with van der Waals surface area (Å²) in [6, 6.07) is 44.3. The van der Waals surface area contributed by atoms with Crippen LogP contribution in [0.4, 0.5) is 0 Å². The predicted molar refractivity (Wildman–Crippen MR) is 193 cm³/mol. The molecule has 0 atom stereocenters. The number of aromatic nitrogens is 4. The Labute approximate surface area is 277 Å². The van der Waals surface area contributed by atoms with Crippen molar-refractivity contribution in [3.63, 3.8) is 0 Å². The van der Waals surface area contributed by atoms with E-state index in [0.717, 1.165) is 22.3 Å². The van der Waals surface area contributed by atoms with Crippen molar-refractivity contribution in [1.29, 1.82) is 0 Å². The molecule has 7 aromatic rings. The molecular weight excluding hydrogens is 573 g/mol. The molecule has 5 aromatic carbocycles. The average molecular weight is 610 g/mol. The van der Waals surface area contributed by atoms with Gasteiger partial charge in [0.25, 0.3) is 0 Å². The molecule has 0 bridgehead atoms. The molecule has 4 nitrogen and oxygen atoms in total. The summed E-state index contributed by atoms with van der Waals surface area (Å²) in [5.41, 5.74) is 15.3. The van der Waals surface area contributed by atoms with Gasteiger partial charge >= 0.3 is 0 Å². The van der Waals surface area contributed by atoms with Gasteiger partial charge in [-0.25, -0.2) is 19.5 Å². The van der Waals surface area contributed by atoms with E-state index in [9.17, 15) is 0 Å². The minimum atomic E-state index is 0.657. The SMILES string of the molecule is Cc1c[n+](C)c(-c2ccccc2C)cc1-c1c(C)cc(-c2ccc(-c3nc(-c4ccccc4)nc(-c4ccccc4)n3)cc2)cc1C.